The zero-order valence-electron chi connectivity index (χ0n) is 36.9. The summed E-state index contributed by atoms with van der Waals surface area (Å²) >= 11 is 0. The lowest BCUT2D eigenvalue weighted by Crippen LogP contribution is -2.54. The Bertz CT molecular complexity index is 2300. The van der Waals surface area contributed by atoms with Gasteiger partial charge in [0.2, 0.25) is 17.7 Å². The molecule has 16 heteroatoms. The van der Waals surface area contributed by atoms with E-state index in [9.17, 15) is 28.8 Å². The summed E-state index contributed by atoms with van der Waals surface area (Å²) in [5.74, 6) is 0.143. The van der Waals surface area contributed by atoms with Crippen LogP contribution in [0.25, 0.3) is 11.1 Å². The number of rotatable bonds is 14. The SMILES string of the molecule is COCCCC(=O)N1CCc2c(-c3cc(OC)c(CN4CCN(CCC5CCN(c6ccc7c(c6)C(=O)N(C6CCC(=O)NC6=O)C7=O)CC5)CC4)c(OC)c3)cn(C)c(=O)c2C1. The summed E-state index contributed by atoms with van der Waals surface area (Å²) in [6.07, 6.45) is 6.94. The molecule has 1 unspecified atom stereocenters. The molecule has 0 saturated carbocycles. The van der Waals surface area contributed by atoms with Crippen molar-refractivity contribution in [1.29, 1.82) is 0 Å². The number of methoxy groups -OCH3 is 3. The minimum atomic E-state index is -0.973. The number of ether oxygens (including phenoxy) is 3. The van der Waals surface area contributed by atoms with Gasteiger partial charge in [0.25, 0.3) is 17.4 Å². The van der Waals surface area contributed by atoms with Gasteiger partial charge in [-0.1, -0.05) is 0 Å². The van der Waals surface area contributed by atoms with Gasteiger partial charge in [-0.15, -0.1) is 0 Å². The summed E-state index contributed by atoms with van der Waals surface area (Å²) < 4.78 is 18.7. The molecule has 0 spiro atoms. The van der Waals surface area contributed by atoms with Crippen molar-refractivity contribution in [2.45, 2.75) is 70.5 Å². The number of nitrogens with zero attached hydrogens (tertiary/aromatic N) is 6. The molecular weight excluding hydrogens is 807 g/mol. The molecule has 6 heterocycles. The van der Waals surface area contributed by atoms with Gasteiger partial charge >= 0.3 is 0 Å². The van der Waals surface area contributed by atoms with E-state index < -0.39 is 29.7 Å². The van der Waals surface area contributed by atoms with Gasteiger partial charge in [-0.05, 0) is 92.4 Å². The average molecular weight is 866 g/mol. The molecular formula is C47H59N7O9. The third-order valence-corrected chi connectivity index (χ3v) is 13.7. The molecule has 1 atom stereocenters. The Morgan fingerprint density at radius 3 is 2.16 bits per heavy atom. The van der Waals surface area contributed by atoms with Gasteiger partial charge in [0, 0.05) is 109 Å². The second-order valence-corrected chi connectivity index (χ2v) is 17.5. The number of benzene rings is 2. The highest BCUT2D eigenvalue weighted by Gasteiger charge is 2.45. The van der Waals surface area contributed by atoms with Gasteiger partial charge in [0.1, 0.15) is 17.5 Å². The molecule has 336 valence electrons. The number of carbonyl (C=O) groups is 5. The van der Waals surface area contributed by atoms with Crippen molar-refractivity contribution >= 4 is 35.2 Å². The predicted molar refractivity (Wildman–Crippen MR) is 235 cm³/mol. The van der Waals surface area contributed by atoms with Crippen LogP contribution < -0.4 is 25.2 Å². The number of nitrogens with one attached hydrogen (secondary N) is 1. The maximum absolute atomic E-state index is 13.4. The van der Waals surface area contributed by atoms with Crippen LogP contribution in [0.2, 0.25) is 0 Å². The second kappa shape index (κ2) is 19.0. The molecule has 8 rings (SSSR count). The number of piperidine rings is 2. The van der Waals surface area contributed by atoms with E-state index in [0.29, 0.717) is 68.1 Å². The van der Waals surface area contributed by atoms with E-state index in [1.54, 1.807) is 50.0 Å². The Hall–Kier alpha value is -5.58. The normalized spacial score (nSPS) is 19.9. The van der Waals surface area contributed by atoms with E-state index in [1.807, 2.05) is 24.4 Å². The first-order valence-electron chi connectivity index (χ1n) is 22.3. The maximum Gasteiger partial charge on any atom is 0.262 e. The zero-order valence-corrected chi connectivity index (χ0v) is 36.9. The fraction of sp³-hybridized carbons (Fsp3) is 0.532. The number of carbonyl (C=O) groups excluding carboxylic acids is 5. The molecule has 3 fully saturated rings. The second-order valence-electron chi connectivity index (χ2n) is 17.5. The van der Waals surface area contributed by atoms with E-state index in [4.69, 9.17) is 14.2 Å². The first-order chi connectivity index (χ1) is 30.5. The van der Waals surface area contributed by atoms with Gasteiger partial charge in [-0.3, -0.25) is 43.9 Å². The van der Waals surface area contributed by atoms with E-state index in [0.717, 1.165) is 109 Å². The van der Waals surface area contributed by atoms with Crippen molar-refractivity contribution < 1.29 is 38.2 Å². The third-order valence-electron chi connectivity index (χ3n) is 13.7. The monoisotopic (exact) mass is 865 g/mol. The largest absolute Gasteiger partial charge is 0.496 e. The summed E-state index contributed by atoms with van der Waals surface area (Å²) in [6, 6.07) is 8.49. The standard InChI is InChI=1S/C47H59N7O9/c1-49-27-36(33-14-18-53(29-37(33)45(49)58)43(56)6-5-23-61-2)31-24-40(62-3)38(41(25-31)63-4)28-51-21-19-50(20-22-51)15-11-30-12-16-52(17-13-30)32-7-8-34-35(26-32)47(60)54(46(34)59)39-9-10-42(55)48-44(39)57/h7-8,24-27,30,39H,5-6,9-23,28-29H2,1-4H3,(H,48,55,57). The highest BCUT2D eigenvalue weighted by Crippen LogP contribution is 2.39. The van der Waals surface area contributed by atoms with Crippen LogP contribution in [0.4, 0.5) is 5.69 Å². The number of anilines is 1. The Morgan fingerprint density at radius 2 is 1.48 bits per heavy atom. The quantitative estimate of drug-likeness (QED) is 0.186. The summed E-state index contributed by atoms with van der Waals surface area (Å²) in [4.78, 5) is 87.1. The minimum absolute atomic E-state index is 0.0368. The average Bonchev–Trinajstić information content (AvgIpc) is 3.54. The van der Waals surface area contributed by atoms with Crippen LogP contribution in [0.1, 0.15) is 82.4 Å². The smallest absolute Gasteiger partial charge is 0.262 e. The molecule has 5 aliphatic heterocycles. The van der Waals surface area contributed by atoms with Crippen LogP contribution in [0, 0.1) is 5.92 Å². The molecule has 5 amide bonds. The van der Waals surface area contributed by atoms with Crippen molar-refractivity contribution in [1.82, 2.24) is 29.5 Å². The summed E-state index contributed by atoms with van der Waals surface area (Å²) in [5, 5.41) is 2.25. The molecule has 3 aromatic rings. The number of hydrogen-bond donors (Lipinski definition) is 1. The molecule has 0 radical (unpaired) electrons. The summed E-state index contributed by atoms with van der Waals surface area (Å²) in [7, 11) is 6.75. The molecule has 1 aromatic heterocycles. The Kier molecular flexibility index (Phi) is 13.3. The minimum Gasteiger partial charge on any atom is -0.496 e. The molecule has 3 saturated heterocycles. The number of fused-ring (bicyclic) bond motifs is 2. The first kappa shape index (κ1) is 44.0. The van der Waals surface area contributed by atoms with Crippen molar-refractivity contribution in [3.63, 3.8) is 0 Å². The molecule has 0 aliphatic carbocycles. The van der Waals surface area contributed by atoms with Gasteiger partial charge in [-0.25, -0.2) is 0 Å². The van der Waals surface area contributed by atoms with E-state index in [-0.39, 0.29) is 24.3 Å². The number of piperazine rings is 1. The third kappa shape index (κ3) is 9.11. The van der Waals surface area contributed by atoms with Gasteiger partial charge in [0.15, 0.2) is 0 Å². The fourth-order valence-corrected chi connectivity index (χ4v) is 9.98. The lowest BCUT2D eigenvalue weighted by molar-refractivity contribution is -0.136. The van der Waals surface area contributed by atoms with Gasteiger partial charge < -0.3 is 33.5 Å². The molecule has 0 bridgehead atoms. The van der Waals surface area contributed by atoms with Crippen LogP contribution in [0.3, 0.4) is 0 Å². The molecule has 16 nitrogen and oxygen atoms in total. The highest BCUT2D eigenvalue weighted by molar-refractivity contribution is 6.23. The van der Waals surface area contributed by atoms with Crippen molar-refractivity contribution in [2.24, 2.45) is 13.0 Å². The first-order valence-corrected chi connectivity index (χ1v) is 22.3. The zero-order chi connectivity index (χ0) is 44.4. The van der Waals surface area contributed by atoms with Crippen LogP contribution in [0.15, 0.2) is 41.3 Å². The van der Waals surface area contributed by atoms with Crippen LogP contribution >= 0.6 is 0 Å². The summed E-state index contributed by atoms with van der Waals surface area (Å²) in [6.45, 7) is 8.58. The number of pyridine rings is 1. The topological polar surface area (TPSA) is 163 Å². The maximum atomic E-state index is 13.4. The van der Waals surface area contributed by atoms with E-state index in [1.165, 1.54) is 0 Å². The highest BCUT2D eigenvalue weighted by atomic mass is 16.5. The molecule has 1 N–H and O–H groups in total. The fourth-order valence-electron chi connectivity index (χ4n) is 9.98. The number of aryl methyl sites for hydroxylation is 1. The van der Waals surface area contributed by atoms with Crippen molar-refractivity contribution in [2.75, 3.05) is 85.2 Å². The Balaban J connectivity index is 0.835. The number of amides is 5. The molecule has 2 aromatic carbocycles. The number of imide groups is 2. The van der Waals surface area contributed by atoms with Crippen LogP contribution in [-0.4, -0.2) is 140 Å². The Morgan fingerprint density at radius 1 is 0.778 bits per heavy atom. The summed E-state index contributed by atoms with van der Waals surface area (Å²) in [5.41, 5.74) is 5.89. The van der Waals surface area contributed by atoms with E-state index >= 15 is 0 Å². The lowest BCUT2D eigenvalue weighted by atomic mass is 9.91. The van der Waals surface area contributed by atoms with Gasteiger partial charge in [-0.2, -0.15) is 0 Å². The van der Waals surface area contributed by atoms with Crippen LogP contribution in [-0.2, 0) is 45.7 Å². The Labute approximate surface area is 368 Å². The number of aromatic nitrogens is 1. The van der Waals surface area contributed by atoms with E-state index in [2.05, 4.69) is 20.0 Å². The van der Waals surface area contributed by atoms with Crippen LogP contribution in [0.5, 0.6) is 11.5 Å². The van der Waals surface area contributed by atoms with Crippen molar-refractivity contribution in [3.05, 3.63) is 74.7 Å². The van der Waals surface area contributed by atoms with Gasteiger partial charge in [0.05, 0.1) is 37.5 Å². The molecule has 63 heavy (non-hydrogen) atoms. The van der Waals surface area contributed by atoms with Crippen molar-refractivity contribution in [3.8, 4) is 22.6 Å². The molecule has 5 aliphatic rings. The predicted octanol–water partition coefficient (Wildman–Crippen LogP) is 3.21. The lowest BCUT2D eigenvalue weighted by Gasteiger charge is -2.37. The number of hydrogen-bond acceptors (Lipinski definition) is 12.